The lowest BCUT2D eigenvalue weighted by atomic mass is 10.1. The first kappa shape index (κ1) is 27.5. The zero-order valence-electron chi connectivity index (χ0n) is 21.9. The number of carbonyl (C=O) groups is 2. The number of anilines is 1. The minimum absolute atomic E-state index is 0.0948. The van der Waals surface area contributed by atoms with Gasteiger partial charge in [0.15, 0.2) is 23.8 Å². The van der Waals surface area contributed by atoms with Gasteiger partial charge in [0.05, 0.1) is 12.9 Å². The van der Waals surface area contributed by atoms with Crippen LogP contribution in [0.15, 0.2) is 6.33 Å². The highest BCUT2D eigenvalue weighted by atomic mass is 16.6. The smallest absolute Gasteiger partial charge is 0.410 e. The maximum Gasteiger partial charge on any atom is 0.410 e. The number of piperazine rings is 1. The number of hydrogen-bond donors (Lipinski definition) is 4. The molecule has 0 aliphatic carbocycles. The number of nitrogens with two attached hydrogens (primary N) is 1. The number of carbonyl (C=O) groups excluding carboxylic acids is 2. The van der Waals surface area contributed by atoms with Crippen molar-refractivity contribution >= 4 is 29.0 Å². The van der Waals surface area contributed by atoms with E-state index in [0.29, 0.717) is 39.3 Å². The summed E-state index contributed by atoms with van der Waals surface area (Å²) in [4.78, 5) is 41.1. The van der Waals surface area contributed by atoms with Crippen LogP contribution in [-0.2, 0) is 14.3 Å². The molecule has 206 valence electrons. The Morgan fingerprint density at radius 3 is 2.58 bits per heavy atom. The number of rotatable bonds is 4. The lowest BCUT2D eigenvalue weighted by molar-refractivity contribution is -0.137. The van der Waals surface area contributed by atoms with Crippen LogP contribution >= 0.6 is 0 Å². The van der Waals surface area contributed by atoms with Gasteiger partial charge in [0.1, 0.15) is 23.3 Å². The summed E-state index contributed by atoms with van der Waals surface area (Å²) in [6, 6.07) is 0. The second-order valence-corrected chi connectivity index (χ2v) is 10.1. The number of hydrogen-bond acceptors (Lipinski definition) is 11. The van der Waals surface area contributed by atoms with Gasteiger partial charge in [-0.25, -0.2) is 19.7 Å². The van der Waals surface area contributed by atoms with Gasteiger partial charge in [-0.2, -0.15) is 0 Å². The zero-order chi connectivity index (χ0) is 27.6. The number of likely N-dealkylation sites (N-methyl/N-ethyl adjacent to an activating group) is 1. The first-order valence-corrected chi connectivity index (χ1v) is 12.5. The first-order valence-electron chi connectivity index (χ1n) is 12.5. The molecule has 5 N–H and O–H groups in total. The maximum atomic E-state index is 12.2. The van der Waals surface area contributed by atoms with E-state index in [9.17, 15) is 19.8 Å². The van der Waals surface area contributed by atoms with Crippen molar-refractivity contribution in [3.63, 3.8) is 0 Å². The van der Waals surface area contributed by atoms with E-state index < -0.39 is 36.0 Å². The number of nitrogen functional groups attached to an aromatic ring is 1. The Morgan fingerprint density at radius 2 is 1.92 bits per heavy atom. The van der Waals surface area contributed by atoms with Gasteiger partial charge >= 0.3 is 6.09 Å². The molecule has 2 saturated heterocycles. The zero-order valence-corrected chi connectivity index (χ0v) is 21.9. The van der Waals surface area contributed by atoms with Crippen molar-refractivity contribution in [2.75, 3.05) is 45.0 Å². The number of aromatic nitrogens is 4. The average Bonchev–Trinajstić information content (AvgIpc) is 3.40. The molecule has 2 aliphatic heterocycles. The molecule has 2 aromatic heterocycles. The fourth-order valence-electron chi connectivity index (χ4n) is 4.21. The van der Waals surface area contributed by atoms with Crippen molar-refractivity contribution in [1.29, 1.82) is 0 Å². The summed E-state index contributed by atoms with van der Waals surface area (Å²) in [5.74, 6) is 5.66. The molecule has 2 aromatic rings. The molecule has 0 saturated carbocycles. The summed E-state index contributed by atoms with van der Waals surface area (Å²) >= 11 is 0. The number of amides is 2. The van der Waals surface area contributed by atoms with Crippen LogP contribution in [0.1, 0.15) is 39.7 Å². The standard InChI is InChI=1S/C24H34N8O6/c1-5-26-21(35)18-16(33)17(34)22(37-18)32-13-27-15-19(25)28-14(29-20(15)32)7-6-8-30-9-11-31(12-10-30)23(36)38-24(2,3)4/h13,16-18,22,33-34H,5,8-12H2,1-4H3,(H,26,35)(H2,25,28,29)/t16-,17+,18+,22-/m1/s1. The van der Waals surface area contributed by atoms with Crippen LogP contribution in [0, 0.1) is 11.8 Å². The highest BCUT2D eigenvalue weighted by Crippen LogP contribution is 2.32. The number of aliphatic hydroxyl groups excluding tert-OH is 2. The summed E-state index contributed by atoms with van der Waals surface area (Å²) in [5, 5.41) is 23.5. The third kappa shape index (κ3) is 5.97. The molecule has 14 heteroatoms. The van der Waals surface area contributed by atoms with E-state index in [1.807, 2.05) is 20.8 Å². The number of fused-ring (bicyclic) bond motifs is 1. The summed E-state index contributed by atoms with van der Waals surface area (Å²) in [5.41, 5.74) is 6.07. The van der Waals surface area contributed by atoms with Gasteiger partial charge in [0.25, 0.3) is 5.91 Å². The number of imidazole rings is 1. The van der Waals surface area contributed by atoms with Gasteiger partial charge in [0, 0.05) is 32.7 Å². The van der Waals surface area contributed by atoms with Crippen molar-refractivity contribution < 1.29 is 29.3 Å². The molecule has 4 heterocycles. The number of nitrogens with one attached hydrogen (secondary N) is 1. The van der Waals surface area contributed by atoms with Crippen molar-refractivity contribution in [2.45, 2.75) is 57.8 Å². The molecule has 0 unspecified atom stereocenters. The molecule has 2 fully saturated rings. The third-order valence-electron chi connectivity index (χ3n) is 6.10. The molecule has 14 nitrogen and oxygen atoms in total. The van der Waals surface area contributed by atoms with Crippen molar-refractivity contribution in [3.05, 3.63) is 12.2 Å². The molecule has 4 atom stereocenters. The normalized spacial score (nSPS) is 24.2. The van der Waals surface area contributed by atoms with E-state index in [4.69, 9.17) is 15.2 Å². The Bertz CT molecular complexity index is 1240. The average molecular weight is 531 g/mol. The van der Waals surface area contributed by atoms with Crippen LogP contribution in [0.25, 0.3) is 11.2 Å². The molecule has 0 spiro atoms. The molecule has 0 radical (unpaired) electrons. The highest BCUT2D eigenvalue weighted by molar-refractivity contribution is 5.83. The summed E-state index contributed by atoms with van der Waals surface area (Å²) in [6.45, 7) is 10.4. The SMILES string of the molecule is CCNC(=O)[C@H]1O[C@@H](n2cnc3c(N)nc(C#CCN4CCN(C(=O)OC(C)(C)C)CC4)nc32)[C@@H](O)[C@H]1O. The lowest BCUT2D eigenvalue weighted by Gasteiger charge is -2.34. The van der Waals surface area contributed by atoms with E-state index in [-0.39, 0.29) is 28.9 Å². The minimum atomic E-state index is -1.43. The van der Waals surface area contributed by atoms with Crippen molar-refractivity contribution in [2.24, 2.45) is 0 Å². The lowest BCUT2D eigenvalue weighted by Crippen LogP contribution is -2.50. The molecule has 38 heavy (non-hydrogen) atoms. The Morgan fingerprint density at radius 1 is 1.21 bits per heavy atom. The third-order valence-corrected chi connectivity index (χ3v) is 6.10. The molecule has 0 bridgehead atoms. The van der Waals surface area contributed by atoms with Crippen LogP contribution in [0.2, 0.25) is 0 Å². The maximum absolute atomic E-state index is 12.2. The summed E-state index contributed by atoms with van der Waals surface area (Å²) < 4.78 is 12.5. The molecular formula is C24H34N8O6. The van der Waals surface area contributed by atoms with Gasteiger partial charge in [-0.15, -0.1) is 0 Å². The van der Waals surface area contributed by atoms with Crippen molar-refractivity contribution in [3.8, 4) is 11.8 Å². The Kier molecular flexibility index (Phi) is 8.02. The molecular weight excluding hydrogens is 496 g/mol. The number of ether oxygens (including phenoxy) is 2. The van der Waals surface area contributed by atoms with E-state index in [2.05, 4.69) is 37.0 Å². The van der Waals surface area contributed by atoms with Crippen LogP contribution in [-0.4, -0.2) is 115 Å². The predicted octanol–water partition coefficient (Wildman–Crippen LogP) is -0.932. The van der Waals surface area contributed by atoms with Gasteiger partial charge in [-0.3, -0.25) is 14.3 Å². The largest absolute Gasteiger partial charge is 0.444 e. The van der Waals surface area contributed by atoms with Gasteiger partial charge in [0.2, 0.25) is 5.82 Å². The fraction of sp³-hybridized carbons (Fsp3) is 0.625. The van der Waals surface area contributed by atoms with Crippen molar-refractivity contribution in [1.82, 2.24) is 34.6 Å². The Balaban J connectivity index is 1.43. The van der Waals surface area contributed by atoms with E-state index in [1.165, 1.54) is 10.9 Å². The van der Waals surface area contributed by atoms with Gasteiger partial charge in [-0.1, -0.05) is 5.92 Å². The molecule has 4 rings (SSSR count). The van der Waals surface area contributed by atoms with Crippen LogP contribution < -0.4 is 11.1 Å². The second-order valence-electron chi connectivity index (χ2n) is 10.1. The minimum Gasteiger partial charge on any atom is -0.444 e. The summed E-state index contributed by atoms with van der Waals surface area (Å²) in [6.07, 6.45) is -4.15. The van der Waals surface area contributed by atoms with Crippen LogP contribution in [0.5, 0.6) is 0 Å². The first-order chi connectivity index (χ1) is 18.0. The molecule has 2 aliphatic rings. The monoisotopic (exact) mass is 530 g/mol. The van der Waals surface area contributed by atoms with Gasteiger partial charge < -0.3 is 35.6 Å². The highest BCUT2D eigenvalue weighted by Gasteiger charge is 2.47. The summed E-state index contributed by atoms with van der Waals surface area (Å²) in [7, 11) is 0. The van der Waals surface area contributed by atoms with E-state index in [0.717, 1.165) is 0 Å². The number of nitrogens with zero attached hydrogens (tertiary/aromatic N) is 6. The van der Waals surface area contributed by atoms with Crippen LogP contribution in [0.4, 0.5) is 10.6 Å². The number of aliphatic hydroxyl groups is 2. The fourth-order valence-corrected chi connectivity index (χ4v) is 4.21. The quantitative estimate of drug-likeness (QED) is 0.358. The molecule has 2 amide bonds. The Hall–Kier alpha value is -3.51. The predicted molar refractivity (Wildman–Crippen MR) is 135 cm³/mol. The van der Waals surface area contributed by atoms with Crippen LogP contribution in [0.3, 0.4) is 0 Å². The second kappa shape index (κ2) is 11.1. The Labute approximate surface area is 220 Å². The molecule has 0 aromatic carbocycles. The van der Waals surface area contributed by atoms with E-state index >= 15 is 0 Å². The van der Waals surface area contributed by atoms with E-state index in [1.54, 1.807) is 11.8 Å². The topological polar surface area (TPSA) is 181 Å². The van der Waals surface area contributed by atoms with Gasteiger partial charge in [-0.05, 0) is 33.6 Å².